The first-order valence-electron chi connectivity index (χ1n) is 11.5. The Morgan fingerprint density at radius 1 is 1.23 bits per heavy atom. The van der Waals surface area contributed by atoms with Crippen LogP contribution < -0.4 is 4.74 Å². The number of hydrogen-bond acceptors (Lipinski definition) is 5. The normalized spacial score (nSPS) is 23.1. The molecule has 0 aliphatic carbocycles. The highest BCUT2D eigenvalue weighted by Crippen LogP contribution is 2.40. The molecule has 180 valence electrons. The van der Waals surface area contributed by atoms with Crippen molar-refractivity contribution in [2.75, 3.05) is 13.7 Å². The van der Waals surface area contributed by atoms with Crippen molar-refractivity contribution in [3.63, 3.8) is 0 Å². The van der Waals surface area contributed by atoms with Gasteiger partial charge < -0.3 is 14.0 Å². The molecule has 35 heavy (non-hydrogen) atoms. The second-order valence-corrected chi connectivity index (χ2v) is 9.03. The summed E-state index contributed by atoms with van der Waals surface area (Å²) in [5, 5.41) is 0. The van der Waals surface area contributed by atoms with Crippen LogP contribution in [0, 0.1) is 12.7 Å². The highest BCUT2D eigenvalue weighted by atomic mass is 19.1. The van der Waals surface area contributed by atoms with Crippen molar-refractivity contribution in [1.29, 1.82) is 0 Å². The monoisotopic (exact) mass is 474 g/mol. The highest BCUT2D eigenvalue weighted by Gasteiger charge is 2.48. The van der Waals surface area contributed by atoms with Gasteiger partial charge in [-0.15, -0.1) is 0 Å². The Kier molecular flexibility index (Phi) is 5.67. The molecule has 2 aromatic carbocycles. The quantitative estimate of drug-likeness (QED) is 0.553. The van der Waals surface area contributed by atoms with Crippen molar-refractivity contribution in [2.24, 2.45) is 4.99 Å². The van der Waals surface area contributed by atoms with E-state index in [9.17, 15) is 9.18 Å². The Hall–Kier alpha value is -3.94. The molecule has 1 aromatic heterocycles. The van der Waals surface area contributed by atoms with Gasteiger partial charge >= 0.3 is 0 Å². The lowest BCUT2D eigenvalue weighted by molar-refractivity contribution is -0.144. The maximum Gasteiger partial charge on any atom is 0.269 e. The van der Waals surface area contributed by atoms with Crippen molar-refractivity contribution in [1.82, 2.24) is 14.5 Å². The maximum atomic E-state index is 13.6. The van der Waals surface area contributed by atoms with Gasteiger partial charge in [0.1, 0.15) is 11.6 Å². The van der Waals surface area contributed by atoms with E-state index < -0.39 is 11.6 Å². The number of carbonyl (C=O) groups excluding carboxylic acids is 1. The number of aliphatic imine (C=N–C) groups is 1. The van der Waals surface area contributed by atoms with Crippen LogP contribution in [0.4, 0.5) is 4.39 Å². The average molecular weight is 475 g/mol. The summed E-state index contributed by atoms with van der Waals surface area (Å²) in [5.41, 5.74) is 2.81. The number of morpholine rings is 1. The zero-order valence-corrected chi connectivity index (χ0v) is 20.2. The summed E-state index contributed by atoms with van der Waals surface area (Å²) in [7, 11) is 1.62. The second kappa shape index (κ2) is 8.69. The first kappa shape index (κ1) is 22.8. The molecule has 0 radical (unpaired) electrons. The van der Waals surface area contributed by atoms with Gasteiger partial charge in [0.25, 0.3) is 5.91 Å². The smallest absolute Gasteiger partial charge is 0.269 e. The number of benzene rings is 2. The minimum atomic E-state index is -0.687. The molecular formula is C27H27FN4O3. The number of carbonyl (C=O) groups is 1. The predicted octanol–water partition coefficient (Wildman–Crippen LogP) is 4.63. The van der Waals surface area contributed by atoms with E-state index in [2.05, 4.69) is 9.98 Å². The van der Waals surface area contributed by atoms with Gasteiger partial charge in [-0.3, -0.25) is 14.7 Å². The van der Waals surface area contributed by atoms with Gasteiger partial charge in [0.15, 0.2) is 17.7 Å². The number of rotatable bonds is 4. The number of fused-ring (bicyclic) bond motifs is 1. The second-order valence-electron chi connectivity index (χ2n) is 9.03. The summed E-state index contributed by atoms with van der Waals surface area (Å²) >= 11 is 0. The van der Waals surface area contributed by atoms with Crippen molar-refractivity contribution < 1.29 is 18.7 Å². The van der Waals surface area contributed by atoms with Crippen molar-refractivity contribution >= 4 is 17.8 Å². The molecule has 2 atom stereocenters. The van der Waals surface area contributed by atoms with Crippen molar-refractivity contribution in [2.45, 2.75) is 38.8 Å². The summed E-state index contributed by atoms with van der Waals surface area (Å²) < 4.78 is 27.2. The summed E-state index contributed by atoms with van der Waals surface area (Å²) in [6, 6.07) is 12.1. The standard InChI is InChI=1S/C27H27FN4O3/c1-17-15-31(16-30-17)22-10-5-19(13-23(22)34-4)14-24-25-29-12-11-27(3,20-6-8-21(28)9-7-20)32(25)26(33)18(2)35-24/h5-10,13-16,18H,11-12H2,1-4H3/b24-14-. The highest BCUT2D eigenvalue weighted by molar-refractivity contribution is 6.12. The molecule has 0 bridgehead atoms. The number of aryl methyl sites for hydroxylation is 1. The number of imidazole rings is 1. The minimum Gasteiger partial charge on any atom is -0.495 e. The maximum absolute atomic E-state index is 13.6. The van der Waals surface area contributed by atoms with Crippen LogP contribution in [-0.4, -0.2) is 46.0 Å². The number of methoxy groups -OCH3 is 1. The molecular weight excluding hydrogens is 447 g/mol. The van der Waals surface area contributed by atoms with Crippen LogP contribution in [0.2, 0.25) is 0 Å². The SMILES string of the molecule is COc1cc(/C=C2\OC(C)C(=O)N3C2=NCCC3(C)c2ccc(F)cc2)ccc1-n1cnc(C)c1. The zero-order valence-electron chi connectivity index (χ0n) is 20.2. The van der Waals surface area contributed by atoms with Crippen LogP contribution in [0.3, 0.4) is 0 Å². The molecule has 1 saturated heterocycles. The van der Waals surface area contributed by atoms with Gasteiger partial charge in [-0.05, 0) is 68.7 Å². The van der Waals surface area contributed by atoms with Crippen LogP contribution >= 0.6 is 0 Å². The zero-order chi connectivity index (χ0) is 24.7. The van der Waals surface area contributed by atoms with Crippen molar-refractivity contribution in [3.05, 3.63) is 83.4 Å². The molecule has 0 saturated carbocycles. The molecule has 1 fully saturated rings. The van der Waals surface area contributed by atoms with Crippen molar-refractivity contribution in [3.8, 4) is 11.4 Å². The largest absolute Gasteiger partial charge is 0.495 e. The molecule has 3 heterocycles. The predicted molar refractivity (Wildman–Crippen MR) is 131 cm³/mol. The van der Waals surface area contributed by atoms with Crippen LogP contribution in [0.5, 0.6) is 5.75 Å². The molecule has 0 N–H and O–H groups in total. The van der Waals surface area contributed by atoms with Crippen LogP contribution in [-0.2, 0) is 15.1 Å². The van der Waals surface area contributed by atoms with Gasteiger partial charge in [0, 0.05) is 12.7 Å². The van der Waals surface area contributed by atoms with Gasteiger partial charge in [0.05, 0.1) is 30.4 Å². The van der Waals surface area contributed by atoms with Crippen LogP contribution in [0.1, 0.15) is 37.1 Å². The fourth-order valence-electron chi connectivity index (χ4n) is 4.69. The third kappa shape index (κ3) is 3.99. The lowest BCUT2D eigenvalue weighted by atomic mass is 9.84. The molecule has 1 amide bonds. The summed E-state index contributed by atoms with van der Waals surface area (Å²) in [6.07, 6.45) is 5.48. The Labute approximate surface area is 203 Å². The molecule has 5 rings (SSSR count). The molecule has 3 aromatic rings. The Morgan fingerprint density at radius 3 is 2.69 bits per heavy atom. The first-order valence-corrected chi connectivity index (χ1v) is 11.5. The van der Waals surface area contributed by atoms with Gasteiger partial charge in [-0.1, -0.05) is 18.2 Å². The van der Waals surface area contributed by atoms with E-state index in [-0.39, 0.29) is 11.7 Å². The number of amidine groups is 1. The fourth-order valence-corrected chi connectivity index (χ4v) is 4.69. The third-order valence-electron chi connectivity index (χ3n) is 6.62. The van der Waals surface area contributed by atoms with Gasteiger partial charge in [-0.2, -0.15) is 0 Å². The topological polar surface area (TPSA) is 69.0 Å². The van der Waals surface area contributed by atoms with Crippen LogP contribution in [0.25, 0.3) is 11.8 Å². The minimum absolute atomic E-state index is 0.171. The van der Waals surface area contributed by atoms with E-state index in [1.54, 1.807) is 37.4 Å². The van der Waals surface area contributed by atoms with E-state index in [4.69, 9.17) is 9.47 Å². The molecule has 8 heteroatoms. The lowest BCUT2D eigenvalue weighted by Gasteiger charge is -2.48. The van der Waals surface area contributed by atoms with E-state index >= 15 is 0 Å². The number of ether oxygens (including phenoxy) is 2. The van der Waals surface area contributed by atoms with Gasteiger partial charge in [0.2, 0.25) is 0 Å². The van der Waals surface area contributed by atoms with E-state index in [1.165, 1.54) is 12.1 Å². The molecule has 2 aliphatic heterocycles. The molecule has 2 unspecified atom stereocenters. The number of hydrogen-bond donors (Lipinski definition) is 0. The molecule has 0 spiro atoms. The molecule has 2 aliphatic rings. The number of amides is 1. The fraction of sp³-hybridized carbons (Fsp3) is 0.296. The summed E-state index contributed by atoms with van der Waals surface area (Å²) in [4.78, 5) is 24.0. The van der Waals surface area contributed by atoms with E-state index in [0.717, 1.165) is 22.5 Å². The summed E-state index contributed by atoms with van der Waals surface area (Å²) in [5.74, 6) is 1.19. The van der Waals surface area contributed by atoms with Crippen LogP contribution in [0.15, 0.2) is 65.7 Å². The number of aromatic nitrogens is 2. The lowest BCUT2D eigenvalue weighted by Crippen LogP contribution is -2.60. The van der Waals surface area contributed by atoms with E-state index in [1.807, 2.05) is 48.9 Å². The Morgan fingerprint density at radius 2 is 2.00 bits per heavy atom. The van der Waals surface area contributed by atoms with Gasteiger partial charge in [-0.25, -0.2) is 9.37 Å². The average Bonchev–Trinajstić information content (AvgIpc) is 3.28. The molecule has 7 nitrogen and oxygen atoms in total. The Bertz CT molecular complexity index is 1340. The Balaban J connectivity index is 1.54. The first-order chi connectivity index (χ1) is 16.8. The number of nitrogens with zero attached hydrogens (tertiary/aromatic N) is 4. The number of halogens is 1. The van der Waals surface area contributed by atoms with E-state index in [0.29, 0.717) is 30.3 Å². The third-order valence-corrected chi connectivity index (χ3v) is 6.62. The summed E-state index contributed by atoms with van der Waals surface area (Å²) in [6.45, 7) is 6.18.